The summed E-state index contributed by atoms with van der Waals surface area (Å²) in [5, 5.41) is 20.4. The van der Waals surface area contributed by atoms with Gasteiger partial charge in [-0.3, -0.25) is 0 Å². The monoisotopic (exact) mass is 768 g/mol. The molecule has 0 aliphatic carbocycles. The van der Waals surface area contributed by atoms with Gasteiger partial charge in [-0.05, 0) is 25.7 Å². The molecule has 0 rings (SSSR count). The molecule has 0 amide bonds. The van der Waals surface area contributed by atoms with E-state index >= 15 is 0 Å². The molecule has 0 radical (unpaired) electrons. The van der Waals surface area contributed by atoms with E-state index in [4.69, 9.17) is 0 Å². The Kier molecular flexibility index (Phi) is 46.4. The van der Waals surface area contributed by atoms with Crippen LogP contribution >= 0.6 is 0 Å². The van der Waals surface area contributed by atoms with Gasteiger partial charge in [0.15, 0.2) is 0 Å². The molecule has 4 nitrogen and oxygen atoms in total. The van der Waals surface area contributed by atoms with Crippen LogP contribution in [0.5, 0.6) is 0 Å². The molecule has 5 heteroatoms. The van der Waals surface area contributed by atoms with Crippen LogP contribution in [0, 0.1) is 0 Å². The van der Waals surface area contributed by atoms with Crippen LogP contribution in [0.15, 0.2) is 0 Å². The number of carbonyl (C=O) groups excluding carboxylic acids is 2. The molecule has 0 saturated heterocycles. The first-order valence-electron chi connectivity index (χ1n) is 17.9. The average Bonchev–Trinajstić information content (AvgIpc) is 2.93. The van der Waals surface area contributed by atoms with Gasteiger partial charge < -0.3 is 19.8 Å². The Morgan fingerprint density at radius 3 is 0.610 bits per heavy atom. The Bertz CT molecular complexity index is 454. The van der Waals surface area contributed by atoms with Gasteiger partial charge in [0, 0.05) is 11.9 Å². The molecular weight excluding hydrogens is 697 g/mol. The SMILES string of the molecule is CCCCCCCCCCCCCCCCCC(=O)[O-].CCCCCCCCCCCCCCCCCC(=O)[O-].[Hg+2]. The summed E-state index contributed by atoms with van der Waals surface area (Å²) in [7, 11) is 0. The van der Waals surface area contributed by atoms with Crippen molar-refractivity contribution in [2.75, 3.05) is 0 Å². The minimum Gasteiger partial charge on any atom is -0.550 e. The number of carboxylic acid groups (broad SMARTS) is 2. The number of carboxylic acids is 2. The minimum atomic E-state index is -0.903. The van der Waals surface area contributed by atoms with E-state index in [0.29, 0.717) is 0 Å². The number of hydrogen-bond donors (Lipinski definition) is 0. The second kappa shape index (κ2) is 42.0. The zero-order valence-electron chi connectivity index (χ0n) is 28.0. The Hall–Kier alpha value is -0.125. The minimum absolute atomic E-state index is 0. The van der Waals surface area contributed by atoms with E-state index in [9.17, 15) is 19.8 Å². The Morgan fingerprint density at radius 1 is 0.317 bits per heavy atom. The predicted octanol–water partition coefficient (Wildman–Crippen LogP) is 9.99. The molecule has 240 valence electrons. The molecule has 0 bridgehead atoms. The first-order chi connectivity index (χ1) is 19.5. The molecule has 0 unspecified atom stereocenters. The van der Waals surface area contributed by atoms with Crippen molar-refractivity contribution in [2.24, 2.45) is 0 Å². The van der Waals surface area contributed by atoms with E-state index in [2.05, 4.69) is 13.8 Å². The van der Waals surface area contributed by atoms with Gasteiger partial charge >= 0.3 is 27.7 Å². The number of hydrogen-bond acceptors (Lipinski definition) is 4. The fourth-order valence-electron chi connectivity index (χ4n) is 5.28. The van der Waals surface area contributed by atoms with Crippen LogP contribution in [0.4, 0.5) is 0 Å². The summed E-state index contributed by atoms with van der Waals surface area (Å²) < 4.78 is 0. The van der Waals surface area contributed by atoms with Crippen LogP contribution in [-0.4, -0.2) is 11.9 Å². The smallest absolute Gasteiger partial charge is 0.550 e. The summed E-state index contributed by atoms with van der Waals surface area (Å²) in [5.41, 5.74) is 0. The van der Waals surface area contributed by atoms with E-state index in [1.807, 2.05) is 0 Å². The summed E-state index contributed by atoms with van der Waals surface area (Å²) in [6, 6.07) is 0. The van der Waals surface area contributed by atoms with Gasteiger partial charge in [0.1, 0.15) is 0 Å². The van der Waals surface area contributed by atoms with Gasteiger partial charge in [-0.25, -0.2) is 0 Å². The van der Waals surface area contributed by atoms with Gasteiger partial charge in [-0.2, -0.15) is 0 Å². The van der Waals surface area contributed by atoms with Crippen LogP contribution < -0.4 is 10.2 Å². The molecule has 0 atom stereocenters. The molecule has 0 aliphatic heterocycles. The van der Waals surface area contributed by atoms with Crippen molar-refractivity contribution in [2.45, 2.75) is 219 Å². The van der Waals surface area contributed by atoms with Gasteiger partial charge in [-0.1, -0.05) is 194 Å². The Balaban J connectivity index is -0.000000688. The summed E-state index contributed by atoms with van der Waals surface area (Å²) in [6.07, 6.45) is 39.7. The Morgan fingerprint density at radius 2 is 0.463 bits per heavy atom. The maximum Gasteiger partial charge on any atom is 2.00 e. The fourth-order valence-corrected chi connectivity index (χ4v) is 5.28. The summed E-state index contributed by atoms with van der Waals surface area (Å²) >= 11 is 0. The van der Waals surface area contributed by atoms with Crippen LogP contribution in [0.25, 0.3) is 0 Å². The number of aliphatic carboxylic acids is 2. The normalized spacial score (nSPS) is 10.6. The maximum atomic E-state index is 10.2. The fraction of sp³-hybridized carbons (Fsp3) is 0.944. The zero-order valence-corrected chi connectivity index (χ0v) is 33.5. The Labute approximate surface area is 277 Å². The van der Waals surface area contributed by atoms with Crippen LogP contribution in [0.3, 0.4) is 0 Å². The third kappa shape index (κ3) is 49.8. The molecule has 0 aromatic heterocycles. The first kappa shape index (κ1) is 45.3. The van der Waals surface area contributed by atoms with Crippen LogP contribution in [0.1, 0.15) is 219 Å². The molecule has 0 aliphatic rings. The predicted molar refractivity (Wildman–Crippen MR) is 169 cm³/mol. The van der Waals surface area contributed by atoms with Crippen molar-refractivity contribution in [3.63, 3.8) is 0 Å². The summed E-state index contributed by atoms with van der Waals surface area (Å²) in [4.78, 5) is 20.4. The molecular formula is C36H70HgO4. The van der Waals surface area contributed by atoms with Gasteiger partial charge in [0.2, 0.25) is 0 Å². The van der Waals surface area contributed by atoms with Gasteiger partial charge in [-0.15, -0.1) is 0 Å². The van der Waals surface area contributed by atoms with E-state index in [-0.39, 0.29) is 40.5 Å². The van der Waals surface area contributed by atoms with Crippen molar-refractivity contribution >= 4 is 11.9 Å². The molecule has 0 heterocycles. The second-order valence-corrected chi connectivity index (χ2v) is 12.1. The van der Waals surface area contributed by atoms with Crippen LogP contribution in [-0.2, 0) is 37.3 Å². The topological polar surface area (TPSA) is 80.3 Å². The standard InChI is InChI=1S/2C18H36O2.Hg/c2*1-2-3-4-5-6-7-8-9-10-11-12-13-14-15-16-17-18(19)20;/h2*2-17H2,1H3,(H,19,20);/q;;+2/p-2. The molecule has 0 aromatic carbocycles. The van der Waals surface area contributed by atoms with Crippen LogP contribution in [0.2, 0.25) is 0 Å². The zero-order chi connectivity index (χ0) is 29.8. The summed E-state index contributed by atoms with van der Waals surface area (Å²) in [6.45, 7) is 4.53. The van der Waals surface area contributed by atoms with Crippen molar-refractivity contribution in [1.82, 2.24) is 0 Å². The van der Waals surface area contributed by atoms with Crippen molar-refractivity contribution < 1.29 is 47.5 Å². The van der Waals surface area contributed by atoms with Crippen molar-refractivity contribution in [1.29, 1.82) is 0 Å². The average molecular weight is 768 g/mol. The van der Waals surface area contributed by atoms with Gasteiger partial charge in [0.25, 0.3) is 0 Å². The molecule has 41 heavy (non-hydrogen) atoms. The largest absolute Gasteiger partial charge is 2.00 e. The quantitative estimate of drug-likeness (QED) is 0.0505. The van der Waals surface area contributed by atoms with E-state index < -0.39 is 11.9 Å². The number of carbonyl (C=O) groups is 2. The maximum absolute atomic E-state index is 10.2. The van der Waals surface area contributed by atoms with E-state index in [1.54, 1.807) is 0 Å². The molecule has 0 spiro atoms. The first-order valence-corrected chi connectivity index (χ1v) is 17.9. The summed E-state index contributed by atoms with van der Waals surface area (Å²) in [5.74, 6) is -1.81. The van der Waals surface area contributed by atoms with Crippen molar-refractivity contribution in [3.05, 3.63) is 0 Å². The van der Waals surface area contributed by atoms with Gasteiger partial charge in [0.05, 0.1) is 0 Å². The third-order valence-corrected chi connectivity index (χ3v) is 7.97. The molecule has 0 N–H and O–H groups in total. The second-order valence-electron chi connectivity index (χ2n) is 12.1. The molecule has 0 fully saturated rings. The van der Waals surface area contributed by atoms with E-state index in [1.165, 1.54) is 167 Å². The third-order valence-electron chi connectivity index (χ3n) is 7.97. The molecule has 0 saturated carbocycles. The van der Waals surface area contributed by atoms with Crippen molar-refractivity contribution in [3.8, 4) is 0 Å². The number of rotatable bonds is 32. The molecule has 0 aromatic rings. The number of unbranched alkanes of at least 4 members (excludes halogenated alkanes) is 28. The van der Waals surface area contributed by atoms with E-state index in [0.717, 1.165) is 25.7 Å².